The minimum Gasteiger partial charge on any atom is -0.374 e. The molecule has 5 nitrogen and oxygen atoms in total. The average molecular weight is 203 g/mol. The number of alkyl halides is 2. The number of rotatable bonds is 3. The molecule has 14 heavy (non-hydrogen) atoms. The standard InChI is InChI=1S/C7H7F2N3O2/c8-7(9)1-4(7)5(14)6-10-2-11-12(6)3-13/h2,4,13H,1,3H2. The molecule has 0 aromatic carbocycles. The summed E-state index contributed by atoms with van der Waals surface area (Å²) in [6.45, 7) is -0.542. The van der Waals surface area contributed by atoms with Crippen LogP contribution in [0, 0.1) is 5.92 Å². The van der Waals surface area contributed by atoms with Gasteiger partial charge < -0.3 is 5.11 Å². The van der Waals surface area contributed by atoms with Gasteiger partial charge in [0.2, 0.25) is 5.78 Å². The summed E-state index contributed by atoms with van der Waals surface area (Å²) < 4.78 is 26.0. The topological polar surface area (TPSA) is 68.0 Å². The van der Waals surface area contributed by atoms with Gasteiger partial charge in [-0.15, -0.1) is 0 Å². The van der Waals surface area contributed by atoms with Gasteiger partial charge in [-0.05, 0) is 0 Å². The molecule has 1 aromatic heterocycles. The Labute approximate surface area is 77.4 Å². The maximum absolute atomic E-state index is 12.5. The van der Waals surface area contributed by atoms with E-state index in [0.717, 1.165) is 11.0 Å². The summed E-state index contributed by atoms with van der Waals surface area (Å²) in [5.74, 6) is -5.18. The smallest absolute Gasteiger partial charge is 0.259 e. The predicted octanol–water partition coefficient (Wildman–Crippen LogP) is 0.0658. The highest BCUT2D eigenvalue weighted by Crippen LogP contribution is 2.49. The van der Waals surface area contributed by atoms with Crippen LogP contribution >= 0.6 is 0 Å². The lowest BCUT2D eigenvalue weighted by Crippen LogP contribution is -2.16. The predicted molar refractivity (Wildman–Crippen MR) is 39.6 cm³/mol. The molecule has 1 saturated carbocycles. The number of Topliss-reactive ketones (excluding diaryl/α,β-unsaturated/α-hetero) is 1. The molecule has 1 aromatic rings. The molecule has 7 heteroatoms. The van der Waals surface area contributed by atoms with Gasteiger partial charge in [0.05, 0.1) is 5.92 Å². The van der Waals surface area contributed by atoms with Crippen LogP contribution in [-0.4, -0.2) is 31.6 Å². The lowest BCUT2D eigenvalue weighted by molar-refractivity contribution is 0.0734. The van der Waals surface area contributed by atoms with E-state index < -0.39 is 30.8 Å². The van der Waals surface area contributed by atoms with Crippen LogP contribution < -0.4 is 0 Å². The van der Waals surface area contributed by atoms with Gasteiger partial charge in [0.25, 0.3) is 5.92 Å². The number of aliphatic hydroxyl groups is 1. The molecule has 1 aliphatic carbocycles. The van der Waals surface area contributed by atoms with E-state index in [2.05, 4.69) is 10.1 Å². The van der Waals surface area contributed by atoms with E-state index in [-0.39, 0.29) is 5.82 Å². The Balaban J connectivity index is 2.20. The molecule has 1 aliphatic rings. The number of carbonyl (C=O) groups excluding carboxylic acids is 1. The first-order valence-corrected chi connectivity index (χ1v) is 3.97. The zero-order valence-corrected chi connectivity index (χ0v) is 7.02. The lowest BCUT2D eigenvalue weighted by atomic mass is 10.2. The van der Waals surface area contributed by atoms with Crippen molar-refractivity contribution in [3.8, 4) is 0 Å². The first-order chi connectivity index (χ1) is 6.56. The van der Waals surface area contributed by atoms with Crippen molar-refractivity contribution < 1.29 is 18.7 Å². The molecule has 0 aliphatic heterocycles. The molecule has 0 amide bonds. The maximum atomic E-state index is 12.5. The van der Waals surface area contributed by atoms with Gasteiger partial charge in [-0.3, -0.25) is 4.79 Å². The number of hydrogen-bond donors (Lipinski definition) is 1. The van der Waals surface area contributed by atoms with E-state index in [1.807, 2.05) is 0 Å². The normalized spacial score (nSPS) is 23.5. The van der Waals surface area contributed by atoms with Crippen LogP contribution in [0.1, 0.15) is 17.0 Å². The molecule has 1 unspecified atom stereocenters. The fraction of sp³-hybridized carbons (Fsp3) is 0.571. The highest BCUT2D eigenvalue weighted by Gasteiger charge is 2.62. The van der Waals surface area contributed by atoms with Crippen LogP contribution in [0.25, 0.3) is 0 Å². The van der Waals surface area contributed by atoms with E-state index in [9.17, 15) is 13.6 Å². The Hall–Kier alpha value is -1.37. The third-order valence-electron chi connectivity index (χ3n) is 2.11. The third kappa shape index (κ3) is 1.29. The summed E-state index contributed by atoms with van der Waals surface area (Å²) in [5, 5.41) is 12.2. The van der Waals surface area contributed by atoms with Crippen molar-refractivity contribution in [2.24, 2.45) is 5.92 Å². The summed E-state index contributed by atoms with van der Waals surface area (Å²) in [4.78, 5) is 14.9. The average Bonchev–Trinajstić information content (AvgIpc) is 2.64. The highest BCUT2D eigenvalue weighted by molar-refractivity contribution is 5.97. The van der Waals surface area contributed by atoms with Crippen LogP contribution in [-0.2, 0) is 6.73 Å². The number of nitrogens with zero attached hydrogens (tertiary/aromatic N) is 3. The molecule has 0 saturated heterocycles. The molecule has 76 valence electrons. The summed E-state index contributed by atoms with van der Waals surface area (Å²) in [5.41, 5.74) is 0. The van der Waals surface area contributed by atoms with Gasteiger partial charge in [0.15, 0.2) is 5.82 Å². The number of hydrogen-bond acceptors (Lipinski definition) is 4. The molecule has 0 spiro atoms. The first kappa shape index (κ1) is 9.20. The first-order valence-electron chi connectivity index (χ1n) is 3.97. The number of carbonyl (C=O) groups is 1. The second-order valence-corrected chi connectivity index (χ2v) is 3.11. The van der Waals surface area contributed by atoms with Crippen LogP contribution in [0.2, 0.25) is 0 Å². The number of aliphatic hydroxyl groups excluding tert-OH is 1. The van der Waals surface area contributed by atoms with Gasteiger partial charge >= 0.3 is 0 Å². The monoisotopic (exact) mass is 203 g/mol. The lowest BCUT2D eigenvalue weighted by Gasteiger charge is -1.99. The van der Waals surface area contributed by atoms with E-state index in [0.29, 0.717) is 0 Å². The highest BCUT2D eigenvalue weighted by atomic mass is 19.3. The third-order valence-corrected chi connectivity index (χ3v) is 2.11. The van der Waals surface area contributed by atoms with Gasteiger partial charge in [-0.25, -0.2) is 18.4 Å². The summed E-state index contributed by atoms with van der Waals surface area (Å²) >= 11 is 0. The molecule has 1 N–H and O–H groups in total. The summed E-state index contributed by atoms with van der Waals surface area (Å²) in [7, 11) is 0. The fourth-order valence-electron chi connectivity index (χ4n) is 1.21. The van der Waals surface area contributed by atoms with Crippen molar-refractivity contribution in [2.75, 3.05) is 0 Å². The Bertz CT molecular complexity index is 377. The maximum Gasteiger partial charge on any atom is 0.259 e. The largest absolute Gasteiger partial charge is 0.374 e. The quantitative estimate of drug-likeness (QED) is 0.705. The Kier molecular flexibility index (Phi) is 1.84. The van der Waals surface area contributed by atoms with Gasteiger partial charge in [0, 0.05) is 6.42 Å². The van der Waals surface area contributed by atoms with Gasteiger partial charge in [0.1, 0.15) is 13.1 Å². The minimum atomic E-state index is -2.91. The number of halogens is 2. The number of aromatic nitrogens is 3. The van der Waals surface area contributed by atoms with Crippen molar-refractivity contribution in [1.82, 2.24) is 14.8 Å². The Morgan fingerprint density at radius 3 is 2.93 bits per heavy atom. The molecule has 0 radical (unpaired) electrons. The van der Waals surface area contributed by atoms with E-state index in [4.69, 9.17) is 5.11 Å². The van der Waals surface area contributed by atoms with E-state index >= 15 is 0 Å². The van der Waals surface area contributed by atoms with E-state index in [1.54, 1.807) is 0 Å². The van der Waals surface area contributed by atoms with E-state index in [1.165, 1.54) is 0 Å². The van der Waals surface area contributed by atoms with Crippen molar-refractivity contribution >= 4 is 5.78 Å². The molecule has 1 atom stereocenters. The molecule has 0 bridgehead atoms. The van der Waals surface area contributed by atoms with Crippen molar-refractivity contribution in [3.63, 3.8) is 0 Å². The second kappa shape index (κ2) is 2.81. The Morgan fingerprint density at radius 2 is 2.43 bits per heavy atom. The zero-order chi connectivity index (χ0) is 10.3. The number of ketones is 1. The molecule has 2 rings (SSSR count). The zero-order valence-electron chi connectivity index (χ0n) is 7.02. The van der Waals surface area contributed by atoms with Gasteiger partial charge in [-0.2, -0.15) is 5.10 Å². The van der Waals surface area contributed by atoms with Gasteiger partial charge in [-0.1, -0.05) is 0 Å². The van der Waals surface area contributed by atoms with Crippen molar-refractivity contribution in [2.45, 2.75) is 19.1 Å². The van der Waals surface area contributed by atoms with Crippen molar-refractivity contribution in [3.05, 3.63) is 12.2 Å². The second-order valence-electron chi connectivity index (χ2n) is 3.11. The molecule has 1 fully saturated rings. The summed E-state index contributed by atoms with van der Waals surface area (Å²) in [6.07, 6.45) is 0.605. The molecule has 1 heterocycles. The van der Waals surface area contributed by atoms with Crippen LogP contribution in [0.4, 0.5) is 8.78 Å². The summed E-state index contributed by atoms with van der Waals surface area (Å²) in [6, 6.07) is 0. The molecular formula is C7H7F2N3O2. The van der Waals surface area contributed by atoms with Crippen LogP contribution in [0.5, 0.6) is 0 Å². The van der Waals surface area contributed by atoms with Crippen LogP contribution in [0.15, 0.2) is 6.33 Å². The fourth-order valence-corrected chi connectivity index (χ4v) is 1.21. The SMILES string of the molecule is O=C(c1ncnn1CO)C1CC1(F)F. The van der Waals surface area contributed by atoms with Crippen molar-refractivity contribution in [1.29, 1.82) is 0 Å². The minimum absolute atomic E-state index is 0.213. The van der Waals surface area contributed by atoms with Crippen LogP contribution in [0.3, 0.4) is 0 Å². The Morgan fingerprint density at radius 1 is 1.79 bits per heavy atom. The molecular weight excluding hydrogens is 196 g/mol.